The molecule has 3 N–H and O–H groups in total. The third kappa shape index (κ3) is 3.50. The predicted molar refractivity (Wildman–Crippen MR) is 75.3 cm³/mol. The summed E-state index contributed by atoms with van der Waals surface area (Å²) in [6.45, 7) is 1.41. The van der Waals surface area contributed by atoms with E-state index in [1.54, 1.807) is 31.2 Å². The molecule has 2 rings (SSSR count). The second kappa shape index (κ2) is 6.25. The van der Waals surface area contributed by atoms with Crippen LogP contribution in [0.2, 0.25) is 0 Å². The van der Waals surface area contributed by atoms with Crippen LogP contribution < -0.4 is 15.8 Å². The van der Waals surface area contributed by atoms with Gasteiger partial charge in [-0.3, -0.25) is 19.7 Å². The van der Waals surface area contributed by atoms with Crippen LogP contribution in [0.25, 0.3) is 0 Å². The molecule has 1 unspecified atom stereocenters. The number of piperazine rings is 1. The first-order chi connectivity index (χ1) is 10.0. The Morgan fingerprint density at radius 1 is 1.38 bits per heavy atom. The standard InChI is InChI=1S/C14H17N3O4/c1-2-11-14(20)16-12(18)7-17(11)13(19)8-21-10-5-3-9(15)4-6-10/h3-6,11H,2,7-8,15H2,1H3,(H,16,18,20). The van der Waals surface area contributed by atoms with E-state index in [1.807, 2.05) is 0 Å². The molecule has 21 heavy (non-hydrogen) atoms. The van der Waals surface area contributed by atoms with Crippen molar-refractivity contribution in [3.05, 3.63) is 24.3 Å². The first kappa shape index (κ1) is 14.8. The van der Waals surface area contributed by atoms with Gasteiger partial charge < -0.3 is 15.4 Å². The van der Waals surface area contributed by atoms with Crippen molar-refractivity contribution in [2.24, 2.45) is 0 Å². The topological polar surface area (TPSA) is 102 Å². The van der Waals surface area contributed by atoms with Gasteiger partial charge in [-0.25, -0.2) is 0 Å². The monoisotopic (exact) mass is 291 g/mol. The van der Waals surface area contributed by atoms with Gasteiger partial charge in [-0.05, 0) is 30.7 Å². The molecule has 0 radical (unpaired) electrons. The number of rotatable bonds is 4. The van der Waals surface area contributed by atoms with Crippen LogP contribution >= 0.6 is 0 Å². The summed E-state index contributed by atoms with van der Waals surface area (Å²) in [5.41, 5.74) is 6.15. The molecule has 1 saturated heterocycles. The normalized spacial score (nSPS) is 18.3. The zero-order valence-electron chi connectivity index (χ0n) is 11.7. The van der Waals surface area contributed by atoms with Crippen molar-refractivity contribution < 1.29 is 19.1 Å². The van der Waals surface area contributed by atoms with Crippen molar-refractivity contribution in [2.75, 3.05) is 18.9 Å². The molecule has 1 aromatic carbocycles. The molecule has 7 heteroatoms. The van der Waals surface area contributed by atoms with E-state index in [9.17, 15) is 14.4 Å². The number of ether oxygens (including phenoxy) is 1. The summed E-state index contributed by atoms with van der Waals surface area (Å²) >= 11 is 0. The number of imide groups is 1. The van der Waals surface area contributed by atoms with Crippen molar-refractivity contribution in [2.45, 2.75) is 19.4 Å². The maximum absolute atomic E-state index is 12.1. The summed E-state index contributed by atoms with van der Waals surface area (Å²) in [5, 5.41) is 2.22. The highest BCUT2D eigenvalue weighted by atomic mass is 16.5. The number of nitrogen functional groups attached to an aromatic ring is 1. The average Bonchev–Trinajstić information content (AvgIpc) is 2.45. The van der Waals surface area contributed by atoms with E-state index < -0.39 is 23.8 Å². The number of carbonyl (C=O) groups excluding carboxylic acids is 3. The van der Waals surface area contributed by atoms with Gasteiger partial charge in [-0.15, -0.1) is 0 Å². The largest absolute Gasteiger partial charge is 0.484 e. The predicted octanol–water partition coefficient (Wildman–Crippen LogP) is -0.0888. The Morgan fingerprint density at radius 3 is 2.67 bits per heavy atom. The first-order valence-electron chi connectivity index (χ1n) is 6.62. The lowest BCUT2D eigenvalue weighted by Gasteiger charge is -2.33. The summed E-state index contributed by atoms with van der Waals surface area (Å²) in [4.78, 5) is 36.5. The maximum atomic E-state index is 12.1. The van der Waals surface area contributed by atoms with Gasteiger partial charge in [0.05, 0.1) is 0 Å². The van der Waals surface area contributed by atoms with Gasteiger partial charge in [0.15, 0.2) is 6.61 Å². The van der Waals surface area contributed by atoms with Gasteiger partial charge in [0.1, 0.15) is 18.3 Å². The number of benzene rings is 1. The van der Waals surface area contributed by atoms with E-state index in [1.165, 1.54) is 4.90 Å². The Morgan fingerprint density at radius 2 is 2.05 bits per heavy atom. The van der Waals surface area contributed by atoms with Gasteiger partial charge >= 0.3 is 0 Å². The maximum Gasteiger partial charge on any atom is 0.261 e. The molecule has 0 aromatic heterocycles. The molecule has 0 spiro atoms. The van der Waals surface area contributed by atoms with Crippen molar-refractivity contribution in [3.63, 3.8) is 0 Å². The second-order valence-electron chi connectivity index (χ2n) is 4.72. The molecule has 0 bridgehead atoms. The fourth-order valence-corrected chi connectivity index (χ4v) is 2.13. The lowest BCUT2D eigenvalue weighted by atomic mass is 10.1. The Labute approximate surface area is 122 Å². The molecule has 0 aliphatic carbocycles. The first-order valence-corrected chi connectivity index (χ1v) is 6.62. The lowest BCUT2D eigenvalue weighted by molar-refractivity contribution is -0.151. The van der Waals surface area contributed by atoms with E-state index in [4.69, 9.17) is 10.5 Å². The van der Waals surface area contributed by atoms with Crippen LogP contribution in [0.3, 0.4) is 0 Å². The fraction of sp³-hybridized carbons (Fsp3) is 0.357. The van der Waals surface area contributed by atoms with Gasteiger partial charge in [0, 0.05) is 5.69 Å². The number of carbonyl (C=O) groups is 3. The van der Waals surface area contributed by atoms with Crippen molar-refractivity contribution in [1.82, 2.24) is 10.2 Å². The van der Waals surface area contributed by atoms with E-state index >= 15 is 0 Å². The quantitative estimate of drug-likeness (QED) is 0.596. The summed E-state index contributed by atoms with van der Waals surface area (Å²) in [7, 11) is 0. The molecule has 1 atom stereocenters. The van der Waals surface area contributed by atoms with E-state index in [-0.39, 0.29) is 13.2 Å². The number of nitrogens with two attached hydrogens (primary N) is 1. The summed E-state index contributed by atoms with van der Waals surface area (Å²) in [6.07, 6.45) is 0.437. The fourth-order valence-electron chi connectivity index (χ4n) is 2.13. The number of nitrogens with one attached hydrogen (secondary N) is 1. The highest BCUT2D eigenvalue weighted by Crippen LogP contribution is 2.14. The van der Waals surface area contributed by atoms with E-state index in [2.05, 4.69) is 5.32 Å². The Kier molecular flexibility index (Phi) is 4.42. The van der Waals surface area contributed by atoms with E-state index in [0.717, 1.165) is 0 Å². The van der Waals surface area contributed by atoms with Gasteiger partial charge in [-0.2, -0.15) is 0 Å². The third-order valence-electron chi connectivity index (χ3n) is 3.20. The minimum atomic E-state index is -0.634. The van der Waals surface area contributed by atoms with Gasteiger partial charge in [0.2, 0.25) is 11.8 Å². The van der Waals surface area contributed by atoms with Crippen LogP contribution in [-0.4, -0.2) is 41.8 Å². The molecule has 1 aromatic rings. The highest BCUT2D eigenvalue weighted by Gasteiger charge is 2.35. The zero-order chi connectivity index (χ0) is 15.4. The van der Waals surface area contributed by atoms with Gasteiger partial charge in [0.25, 0.3) is 5.91 Å². The molecule has 1 heterocycles. The minimum absolute atomic E-state index is 0.131. The molecule has 1 aliphatic heterocycles. The van der Waals surface area contributed by atoms with Crippen molar-refractivity contribution in [3.8, 4) is 5.75 Å². The van der Waals surface area contributed by atoms with Crippen LogP contribution in [0.4, 0.5) is 5.69 Å². The number of hydrogen-bond donors (Lipinski definition) is 2. The van der Waals surface area contributed by atoms with Crippen LogP contribution in [0, 0.1) is 0 Å². The Hall–Kier alpha value is -2.57. The molecule has 1 fully saturated rings. The molecular formula is C14H17N3O4. The summed E-state index contributed by atoms with van der Waals surface area (Å²) in [6, 6.07) is 5.98. The average molecular weight is 291 g/mol. The number of amides is 3. The number of anilines is 1. The summed E-state index contributed by atoms with van der Waals surface area (Å²) in [5.74, 6) is -0.833. The zero-order valence-corrected chi connectivity index (χ0v) is 11.7. The molecule has 0 saturated carbocycles. The molecular weight excluding hydrogens is 274 g/mol. The molecule has 1 aliphatic rings. The SMILES string of the molecule is CCC1C(=O)NC(=O)CN1C(=O)COc1ccc(N)cc1. The Bertz CT molecular complexity index is 556. The smallest absolute Gasteiger partial charge is 0.261 e. The van der Waals surface area contributed by atoms with Crippen molar-refractivity contribution in [1.29, 1.82) is 0 Å². The number of hydrogen-bond acceptors (Lipinski definition) is 5. The van der Waals surface area contributed by atoms with Crippen LogP contribution in [-0.2, 0) is 14.4 Å². The van der Waals surface area contributed by atoms with Crippen molar-refractivity contribution >= 4 is 23.4 Å². The third-order valence-corrected chi connectivity index (χ3v) is 3.20. The van der Waals surface area contributed by atoms with Crippen LogP contribution in [0.15, 0.2) is 24.3 Å². The van der Waals surface area contributed by atoms with E-state index in [0.29, 0.717) is 17.9 Å². The van der Waals surface area contributed by atoms with Crippen LogP contribution in [0.5, 0.6) is 5.75 Å². The minimum Gasteiger partial charge on any atom is -0.484 e. The molecule has 7 nitrogen and oxygen atoms in total. The lowest BCUT2D eigenvalue weighted by Crippen LogP contribution is -2.60. The summed E-state index contributed by atoms with van der Waals surface area (Å²) < 4.78 is 5.35. The number of nitrogens with zero attached hydrogens (tertiary/aromatic N) is 1. The van der Waals surface area contributed by atoms with Gasteiger partial charge in [-0.1, -0.05) is 6.92 Å². The second-order valence-corrected chi connectivity index (χ2v) is 4.72. The highest BCUT2D eigenvalue weighted by molar-refractivity contribution is 6.04. The molecule has 3 amide bonds. The molecule has 112 valence electrons. The van der Waals surface area contributed by atoms with Crippen LogP contribution in [0.1, 0.15) is 13.3 Å². The Balaban J connectivity index is 1.99.